The smallest absolute Gasteiger partial charge is 0.261 e. The van der Waals surface area contributed by atoms with Crippen LogP contribution in [-0.2, 0) is 4.74 Å². The third-order valence-electron chi connectivity index (χ3n) is 2.08. The molecule has 0 amide bonds. The summed E-state index contributed by atoms with van der Waals surface area (Å²) in [5, 5.41) is 3.04. The van der Waals surface area contributed by atoms with Crippen LogP contribution in [0.15, 0.2) is 21.2 Å². The number of rotatable bonds is 7. The van der Waals surface area contributed by atoms with Crippen molar-refractivity contribution in [3.05, 3.63) is 22.6 Å². The number of hydrogen-bond donors (Lipinski definition) is 1. The summed E-state index contributed by atoms with van der Waals surface area (Å²) in [6, 6.07) is 3.60. The fourth-order valence-electron chi connectivity index (χ4n) is 1.32. The van der Waals surface area contributed by atoms with Crippen LogP contribution in [0.2, 0.25) is 0 Å². The molecule has 1 unspecified atom stereocenters. The summed E-state index contributed by atoms with van der Waals surface area (Å²) >= 11 is 3.21. The second kappa shape index (κ2) is 6.98. The van der Waals surface area contributed by atoms with Gasteiger partial charge in [-0.15, -0.1) is 0 Å². The van der Waals surface area contributed by atoms with Gasteiger partial charge in [0, 0.05) is 6.61 Å². The van der Waals surface area contributed by atoms with Crippen LogP contribution in [0.25, 0.3) is 0 Å². The standard InChI is InChI=1S/C10H14BrF2NO2/c1-14-7(4-5-15-6-10(12)13)8-2-3-9(11)16-8/h2-3,7,10,14H,4-6H2,1H3. The van der Waals surface area contributed by atoms with Crippen LogP contribution < -0.4 is 5.32 Å². The van der Waals surface area contributed by atoms with Crippen molar-refractivity contribution in [3.8, 4) is 0 Å². The van der Waals surface area contributed by atoms with Gasteiger partial charge in [0.25, 0.3) is 6.43 Å². The molecular formula is C10H14BrF2NO2. The molecule has 0 aliphatic rings. The number of ether oxygens (including phenoxy) is 1. The predicted octanol–water partition coefficient (Wildman–Crippen LogP) is 2.97. The highest BCUT2D eigenvalue weighted by molar-refractivity contribution is 9.10. The lowest BCUT2D eigenvalue weighted by Crippen LogP contribution is -2.18. The first-order valence-electron chi connectivity index (χ1n) is 4.92. The van der Waals surface area contributed by atoms with Crippen LogP contribution in [0.5, 0.6) is 0 Å². The molecule has 0 aromatic carbocycles. The molecule has 1 rings (SSSR count). The van der Waals surface area contributed by atoms with Gasteiger partial charge in [0.1, 0.15) is 12.4 Å². The molecule has 1 aromatic rings. The number of halogens is 3. The van der Waals surface area contributed by atoms with Gasteiger partial charge in [0.05, 0.1) is 6.04 Å². The van der Waals surface area contributed by atoms with Crippen molar-refractivity contribution < 1.29 is 17.9 Å². The molecule has 1 heterocycles. The maximum Gasteiger partial charge on any atom is 0.261 e. The Morgan fingerprint density at radius 3 is 2.75 bits per heavy atom. The van der Waals surface area contributed by atoms with Gasteiger partial charge in [-0.3, -0.25) is 0 Å². The fourth-order valence-corrected chi connectivity index (χ4v) is 1.64. The van der Waals surface area contributed by atoms with E-state index in [0.717, 1.165) is 5.76 Å². The van der Waals surface area contributed by atoms with E-state index in [2.05, 4.69) is 21.2 Å². The Morgan fingerprint density at radius 2 is 2.25 bits per heavy atom. The van der Waals surface area contributed by atoms with Crippen molar-refractivity contribution in [2.45, 2.75) is 18.9 Å². The van der Waals surface area contributed by atoms with Gasteiger partial charge in [-0.05, 0) is 41.5 Å². The topological polar surface area (TPSA) is 34.4 Å². The Bertz CT molecular complexity index is 307. The molecule has 6 heteroatoms. The van der Waals surface area contributed by atoms with Gasteiger partial charge in [-0.25, -0.2) is 8.78 Å². The molecule has 0 saturated heterocycles. The lowest BCUT2D eigenvalue weighted by atomic mass is 10.1. The van der Waals surface area contributed by atoms with E-state index < -0.39 is 13.0 Å². The van der Waals surface area contributed by atoms with Gasteiger partial charge < -0.3 is 14.5 Å². The average Bonchev–Trinajstić information content (AvgIpc) is 2.64. The summed E-state index contributed by atoms with van der Waals surface area (Å²) in [5.41, 5.74) is 0. The Labute approximate surface area is 101 Å². The van der Waals surface area contributed by atoms with Crippen molar-refractivity contribution >= 4 is 15.9 Å². The molecule has 3 nitrogen and oxygen atoms in total. The molecule has 0 radical (unpaired) electrons. The van der Waals surface area contributed by atoms with Gasteiger partial charge in [-0.2, -0.15) is 0 Å². The highest BCUT2D eigenvalue weighted by atomic mass is 79.9. The minimum Gasteiger partial charge on any atom is -0.453 e. The molecule has 0 aliphatic heterocycles. The largest absolute Gasteiger partial charge is 0.453 e. The van der Waals surface area contributed by atoms with Crippen molar-refractivity contribution in [1.29, 1.82) is 0 Å². The first kappa shape index (κ1) is 13.6. The summed E-state index contributed by atoms with van der Waals surface area (Å²) in [7, 11) is 1.79. The minimum absolute atomic E-state index is 0.0241. The van der Waals surface area contributed by atoms with E-state index in [4.69, 9.17) is 9.15 Å². The second-order valence-corrected chi connectivity index (χ2v) is 4.02. The zero-order chi connectivity index (χ0) is 12.0. The lowest BCUT2D eigenvalue weighted by molar-refractivity contribution is 0.0140. The molecule has 1 atom stereocenters. The Morgan fingerprint density at radius 1 is 1.50 bits per heavy atom. The van der Waals surface area contributed by atoms with Crippen LogP contribution in [-0.4, -0.2) is 26.7 Å². The number of alkyl halides is 2. The maximum absolute atomic E-state index is 11.8. The molecule has 0 spiro atoms. The van der Waals surface area contributed by atoms with Gasteiger partial charge in [-0.1, -0.05) is 0 Å². The normalized spacial score (nSPS) is 13.3. The second-order valence-electron chi connectivity index (χ2n) is 3.24. The summed E-state index contributed by atoms with van der Waals surface area (Å²) in [6.07, 6.45) is -1.82. The Hall–Kier alpha value is -0.460. The minimum atomic E-state index is -2.41. The molecule has 0 bridgehead atoms. The number of nitrogens with one attached hydrogen (secondary N) is 1. The molecule has 1 aromatic heterocycles. The van der Waals surface area contributed by atoms with Crippen LogP contribution in [0.1, 0.15) is 18.2 Å². The fraction of sp³-hybridized carbons (Fsp3) is 0.600. The molecule has 16 heavy (non-hydrogen) atoms. The van der Waals surface area contributed by atoms with Crippen molar-refractivity contribution in [2.75, 3.05) is 20.3 Å². The Balaban J connectivity index is 2.32. The lowest BCUT2D eigenvalue weighted by Gasteiger charge is -2.13. The number of furan rings is 1. The van der Waals surface area contributed by atoms with Crippen LogP contribution >= 0.6 is 15.9 Å². The molecular weight excluding hydrogens is 284 g/mol. The highest BCUT2D eigenvalue weighted by Gasteiger charge is 2.13. The third-order valence-corrected chi connectivity index (χ3v) is 2.51. The van der Waals surface area contributed by atoms with E-state index in [1.54, 1.807) is 13.1 Å². The molecule has 0 fully saturated rings. The summed E-state index contributed by atoms with van der Waals surface area (Å²) < 4.78 is 34.4. The Kier molecular flexibility index (Phi) is 5.94. The zero-order valence-electron chi connectivity index (χ0n) is 8.88. The van der Waals surface area contributed by atoms with Crippen molar-refractivity contribution in [1.82, 2.24) is 5.32 Å². The first-order chi connectivity index (χ1) is 7.63. The van der Waals surface area contributed by atoms with Crippen molar-refractivity contribution in [2.24, 2.45) is 0 Å². The average molecular weight is 298 g/mol. The van der Waals surface area contributed by atoms with Crippen LogP contribution in [0.3, 0.4) is 0 Å². The van der Waals surface area contributed by atoms with Gasteiger partial charge in [0.15, 0.2) is 4.67 Å². The molecule has 92 valence electrons. The van der Waals surface area contributed by atoms with E-state index in [0.29, 0.717) is 11.1 Å². The zero-order valence-corrected chi connectivity index (χ0v) is 10.5. The SMILES string of the molecule is CNC(CCOCC(F)F)c1ccc(Br)o1. The quantitative estimate of drug-likeness (QED) is 0.786. The molecule has 1 N–H and O–H groups in total. The van der Waals surface area contributed by atoms with Crippen LogP contribution in [0.4, 0.5) is 8.78 Å². The van der Waals surface area contributed by atoms with Crippen LogP contribution in [0, 0.1) is 0 Å². The first-order valence-corrected chi connectivity index (χ1v) is 5.71. The molecule has 0 aliphatic carbocycles. The predicted molar refractivity (Wildman–Crippen MR) is 59.6 cm³/mol. The van der Waals surface area contributed by atoms with E-state index in [1.807, 2.05) is 6.07 Å². The number of hydrogen-bond acceptors (Lipinski definition) is 3. The van der Waals surface area contributed by atoms with E-state index in [9.17, 15) is 8.78 Å². The molecule has 0 saturated carbocycles. The summed E-state index contributed by atoms with van der Waals surface area (Å²) in [4.78, 5) is 0. The summed E-state index contributed by atoms with van der Waals surface area (Å²) in [6.45, 7) is -0.244. The van der Waals surface area contributed by atoms with Gasteiger partial charge >= 0.3 is 0 Å². The van der Waals surface area contributed by atoms with E-state index in [-0.39, 0.29) is 12.6 Å². The van der Waals surface area contributed by atoms with E-state index in [1.165, 1.54) is 0 Å². The maximum atomic E-state index is 11.8. The monoisotopic (exact) mass is 297 g/mol. The van der Waals surface area contributed by atoms with Gasteiger partial charge in [0.2, 0.25) is 0 Å². The van der Waals surface area contributed by atoms with Crippen molar-refractivity contribution in [3.63, 3.8) is 0 Å². The highest BCUT2D eigenvalue weighted by Crippen LogP contribution is 2.22. The third kappa shape index (κ3) is 4.59. The summed E-state index contributed by atoms with van der Waals surface area (Å²) in [5.74, 6) is 0.759. The van der Waals surface area contributed by atoms with E-state index >= 15 is 0 Å².